The second-order valence-electron chi connectivity index (χ2n) is 7.04. The second kappa shape index (κ2) is 11.0. The molecule has 3 rings (SSSR count). The normalized spacial score (nSPS) is 19.2. The van der Waals surface area contributed by atoms with Crippen molar-refractivity contribution in [1.29, 1.82) is 0 Å². The molecule has 1 fully saturated rings. The van der Waals surface area contributed by atoms with E-state index in [1.165, 1.54) is 9.78 Å². The van der Waals surface area contributed by atoms with Crippen LogP contribution in [0.25, 0.3) is 0 Å². The second-order valence-corrected chi connectivity index (χ2v) is 8.07. The number of hydrogen-bond acceptors (Lipinski definition) is 4. The van der Waals surface area contributed by atoms with Gasteiger partial charge in [0.15, 0.2) is 6.54 Å². The molecule has 1 aromatic heterocycles. The number of quaternary nitrogens is 2. The molecule has 0 saturated carbocycles. The summed E-state index contributed by atoms with van der Waals surface area (Å²) >= 11 is 1.83. The Kier molecular flexibility index (Phi) is 8.14. The lowest BCUT2D eigenvalue weighted by molar-refractivity contribution is -1.01. The molecule has 7 heteroatoms. The van der Waals surface area contributed by atoms with Crippen LogP contribution in [0, 0.1) is 0 Å². The van der Waals surface area contributed by atoms with Gasteiger partial charge in [0.25, 0.3) is 5.91 Å². The van der Waals surface area contributed by atoms with Gasteiger partial charge in [-0.15, -0.1) is 11.3 Å². The molecule has 0 spiro atoms. The van der Waals surface area contributed by atoms with Gasteiger partial charge in [0.2, 0.25) is 0 Å². The van der Waals surface area contributed by atoms with Crippen LogP contribution in [-0.2, 0) is 11.3 Å². The molecule has 2 heterocycles. The Hall–Kier alpha value is -2.09. The summed E-state index contributed by atoms with van der Waals surface area (Å²) in [6.07, 6.45) is 0. The predicted molar refractivity (Wildman–Crippen MR) is 110 cm³/mol. The summed E-state index contributed by atoms with van der Waals surface area (Å²) in [5.41, 5.74) is 0. The summed E-state index contributed by atoms with van der Waals surface area (Å²) in [4.78, 5) is 16.6. The Morgan fingerprint density at radius 3 is 2.36 bits per heavy atom. The Morgan fingerprint density at radius 1 is 1.04 bits per heavy atom. The SMILES string of the molecule is CCOc1ccc(OCCNC(=O)C[NH+]2CC[NH+](Cc3cccs3)CC2)cc1. The highest BCUT2D eigenvalue weighted by Crippen LogP contribution is 2.17. The van der Waals surface area contributed by atoms with Crippen LogP contribution in [0.2, 0.25) is 0 Å². The van der Waals surface area contributed by atoms with E-state index in [1.54, 1.807) is 4.90 Å². The molecule has 2 aromatic rings. The summed E-state index contributed by atoms with van der Waals surface area (Å²) in [7, 11) is 0. The third-order valence-electron chi connectivity index (χ3n) is 4.91. The molecule has 0 bridgehead atoms. The number of amides is 1. The van der Waals surface area contributed by atoms with Crippen LogP contribution in [-0.4, -0.2) is 58.4 Å². The third-order valence-corrected chi connectivity index (χ3v) is 5.78. The lowest BCUT2D eigenvalue weighted by Gasteiger charge is -2.29. The van der Waals surface area contributed by atoms with Crippen molar-refractivity contribution in [1.82, 2.24) is 5.32 Å². The van der Waals surface area contributed by atoms with Crippen LogP contribution in [0.3, 0.4) is 0 Å². The molecule has 1 aliphatic rings. The maximum atomic E-state index is 12.2. The van der Waals surface area contributed by atoms with Crippen molar-refractivity contribution in [3.05, 3.63) is 46.7 Å². The zero-order chi connectivity index (χ0) is 19.6. The van der Waals surface area contributed by atoms with E-state index in [0.717, 1.165) is 44.2 Å². The first kappa shape index (κ1) is 20.6. The monoisotopic (exact) mass is 405 g/mol. The van der Waals surface area contributed by atoms with E-state index < -0.39 is 0 Å². The van der Waals surface area contributed by atoms with Gasteiger partial charge in [0, 0.05) is 0 Å². The van der Waals surface area contributed by atoms with Gasteiger partial charge in [-0.3, -0.25) is 4.79 Å². The maximum absolute atomic E-state index is 12.2. The van der Waals surface area contributed by atoms with Crippen LogP contribution < -0.4 is 24.6 Å². The number of ether oxygens (including phenoxy) is 2. The van der Waals surface area contributed by atoms with E-state index in [-0.39, 0.29) is 5.91 Å². The zero-order valence-corrected chi connectivity index (χ0v) is 17.4. The first-order valence-electron chi connectivity index (χ1n) is 10.0. The van der Waals surface area contributed by atoms with Crippen LogP contribution in [0.5, 0.6) is 11.5 Å². The molecule has 0 atom stereocenters. The minimum atomic E-state index is 0.104. The number of thiophene rings is 1. The van der Waals surface area contributed by atoms with Gasteiger partial charge in [0.05, 0.1) is 18.0 Å². The molecule has 1 aliphatic heterocycles. The lowest BCUT2D eigenvalue weighted by atomic mass is 10.3. The number of benzene rings is 1. The smallest absolute Gasteiger partial charge is 0.275 e. The Morgan fingerprint density at radius 2 is 1.71 bits per heavy atom. The summed E-state index contributed by atoms with van der Waals surface area (Å²) in [5.74, 6) is 1.73. The molecule has 152 valence electrons. The number of carbonyl (C=O) groups is 1. The highest BCUT2D eigenvalue weighted by atomic mass is 32.1. The summed E-state index contributed by atoms with van der Waals surface area (Å²) in [6.45, 7) is 9.62. The first-order chi connectivity index (χ1) is 13.7. The molecular weight excluding hydrogens is 374 g/mol. The van der Waals surface area contributed by atoms with E-state index in [2.05, 4.69) is 22.8 Å². The molecule has 3 N–H and O–H groups in total. The Labute approximate surface area is 171 Å². The summed E-state index contributed by atoms with van der Waals surface area (Å²) < 4.78 is 11.1. The summed E-state index contributed by atoms with van der Waals surface area (Å²) in [5, 5.41) is 5.10. The molecule has 1 aromatic carbocycles. The topological polar surface area (TPSA) is 56.4 Å². The van der Waals surface area contributed by atoms with E-state index in [4.69, 9.17) is 9.47 Å². The van der Waals surface area contributed by atoms with Crippen molar-refractivity contribution in [2.75, 3.05) is 52.5 Å². The molecular formula is C21H31N3O3S+2. The Balaban J connectivity index is 1.26. The third kappa shape index (κ3) is 6.82. The fourth-order valence-electron chi connectivity index (χ4n) is 3.42. The standard InChI is InChI=1S/C21H29N3O3S/c1-2-26-18-5-7-19(8-6-18)27-14-9-22-21(25)17-24-12-10-23(11-13-24)16-20-4-3-15-28-20/h3-8,15H,2,9-14,16-17H2,1H3,(H,22,25)/p+2. The van der Waals surface area contributed by atoms with E-state index in [9.17, 15) is 4.79 Å². The van der Waals surface area contributed by atoms with Crippen molar-refractivity contribution < 1.29 is 24.1 Å². The molecule has 1 saturated heterocycles. The van der Waals surface area contributed by atoms with E-state index >= 15 is 0 Å². The molecule has 1 amide bonds. The van der Waals surface area contributed by atoms with Gasteiger partial charge < -0.3 is 24.6 Å². The van der Waals surface area contributed by atoms with Crippen LogP contribution in [0.1, 0.15) is 11.8 Å². The fraction of sp³-hybridized carbons (Fsp3) is 0.476. The van der Waals surface area contributed by atoms with Crippen molar-refractivity contribution in [3.63, 3.8) is 0 Å². The number of piperazine rings is 1. The number of rotatable bonds is 10. The van der Waals surface area contributed by atoms with Crippen LogP contribution in [0.15, 0.2) is 41.8 Å². The van der Waals surface area contributed by atoms with Gasteiger partial charge in [-0.2, -0.15) is 0 Å². The Bertz CT molecular complexity index is 698. The molecule has 0 unspecified atom stereocenters. The molecule has 0 radical (unpaired) electrons. The minimum absolute atomic E-state index is 0.104. The molecule has 6 nitrogen and oxygen atoms in total. The first-order valence-corrected chi connectivity index (χ1v) is 10.9. The number of hydrogen-bond donors (Lipinski definition) is 3. The predicted octanol–water partition coefficient (Wildman–Crippen LogP) is -0.375. The van der Waals surface area contributed by atoms with Gasteiger partial charge in [-0.1, -0.05) is 6.07 Å². The summed E-state index contributed by atoms with van der Waals surface area (Å²) in [6, 6.07) is 11.9. The number of nitrogens with one attached hydrogen (secondary N) is 3. The molecule has 28 heavy (non-hydrogen) atoms. The highest BCUT2D eigenvalue weighted by Gasteiger charge is 2.24. The van der Waals surface area contributed by atoms with Gasteiger partial charge in [-0.25, -0.2) is 0 Å². The highest BCUT2D eigenvalue weighted by molar-refractivity contribution is 7.09. The zero-order valence-electron chi connectivity index (χ0n) is 16.5. The maximum Gasteiger partial charge on any atom is 0.275 e. The van der Waals surface area contributed by atoms with Crippen molar-refractivity contribution >= 4 is 17.2 Å². The average Bonchev–Trinajstić information content (AvgIpc) is 3.21. The average molecular weight is 406 g/mol. The van der Waals surface area contributed by atoms with Gasteiger partial charge in [0.1, 0.15) is 50.8 Å². The van der Waals surface area contributed by atoms with Gasteiger partial charge in [-0.05, 0) is 42.6 Å². The van der Waals surface area contributed by atoms with E-state index in [1.807, 2.05) is 42.5 Å². The largest absolute Gasteiger partial charge is 0.494 e. The van der Waals surface area contributed by atoms with Crippen LogP contribution >= 0.6 is 11.3 Å². The van der Waals surface area contributed by atoms with Crippen molar-refractivity contribution in [3.8, 4) is 11.5 Å². The minimum Gasteiger partial charge on any atom is -0.494 e. The van der Waals surface area contributed by atoms with Crippen molar-refractivity contribution in [2.24, 2.45) is 0 Å². The number of carbonyl (C=O) groups excluding carboxylic acids is 1. The van der Waals surface area contributed by atoms with Crippen LogP contribution in [0.4, 0.5) is 0 Å². The van der Waals surface area contributed by atoms with Gasteiger partial charge >= 0.3 is 0 Å². The molecule has 0 aliphatic carbocycles. The quantitative estimate of drug-likeness (QED) is 0.473. The van der Waals surface area contributed by atoms with Crippen molar-refractivity contribution in [2.45, 2.75) is 13.5 Å². The lowest BCUT2D eigenvalue weighted by Crippen LogP contribution is -3.28. The van der Waals surface area contributed by atoms with E-state index in [0.29, 0.717) is 26.3 Å². The fourth-order valence-corrected chi connectivity index (χ4v) is 4.19.